The summed E-state index contributed by atoms with van der Waals surface area (Å²) in [5.41, 5.74) is 6.59. The summed E-state index contributed by atoms with van der Waals surface area (Å²) < 4.78 is 0. The van der Waals surface area contributed by atoms with Crippen LogP contribution in [0, 0.1) is 30.6 Å². The maximum Gasteiger partial charge on any atom is 0.249 e. The summed E-state index contributed by atoms with van der Waals surface area (Å²) in [5, 5.41) is 0. The van der Waals surface area contributed by atoms with Crippen LogP contribution in [-0.4, -0.2) is 23.5 Å². The van der Waals surface area contributed by atoms with Crippen LogP contribution in [0.1, 0.15) is 35.2 Å². The molecule has 1 aromatic rings. The lowest BCUT2D eigenvalue weighted by Crippen LogP contribution is -2.46. The molecule has 3 amide bonds. The van der Waals surface area contributed by atoms with Crippen molar-refractivity contribution in [2.75, 3.05) is 4.90 Å². The molecule has 6 heteroatoms. The van der Waals surface area contributed by atoms with E-state index in [-0.39, 0.29) is 29.4 Å². The number of hydrogen-bond donors (Lipinski definition) is 1. The van der Waals surface area contributed by atoms with Crippen LogP contribution in [0.25, 0.3) is 0 Å². The van der Waals surface area contributed by atoms with Gasteiger partial charge in [0, 0.05) is 17.9 Å². The minimum atomic E-state index is -0.596. The summed E-state index contributed by atoms with van der Waals surface area (Å²) in [5.74, 6) is -2.33. The van der Waals surface area contributed by atoms with Gasteiger partial charge in [-0.05, 0) is 43.4 Å². The van der Waals surface area contributed by atoms with Crippen molar-refractivity contribution >= 4 is 29.2 Å². The van der Waals surface area contributed by atoms with Crippen molar-refractivity contribution in [2.24, 2.45) is 29.4 Å². The molecule has 2 N–H and O–H groups in total. The highest BCUT2D eigenvalue weighted by Crippen LogP contribution is 2.52. The number of nitrogens with zero attached hydrogens (tertiary/aromatic N) is 1. The number of hydrogen-bond acceptors (Lipinski definition) is 4. The molecule has 4 atom stereocenters. The lowest BCUT2D eigenvalue weighted by Gasteiger charge is -2.41. The Morgan fingerprint density at radius 1 is 1.12 bits per heavy atom. The summed E-state index contributed by atoms with van der Waals surface area (Å²) in [6.07, 6.45) is 1.92. The van der Waals surface area contributed by atoms with E-state index in [0.717, 1.165) is 6.42 Å². The average molecular weight is 326 g/mol. The fourth-order valence-corrected chi connectivity index (χ4v) is 4.75. The predicted molar refractivity (Wildman–Crippen MR) is 85.0 cm³/mol. The van der Waals surface area contributed by atoms with Gasteiger partial charge in [0.1, 0.15) is 5.78 Å². The lowest BCUT2D eigenvalue weighted by atomic mass is 9.59. The van der Waals surface area contributed by atoms with Crippen molar-refractivity contribution in [1.82, 2.24) is 0 Å². The number of rotatable bonds is 2. The number of Topliss-reactive ketones (excluding diaryl/α,β-unsaturated/α-hetero) is 1. The van der Waals surface area contributed by atoms with Crippen LogP contribution in [0.4, 0.5) is 5.69 Å². The van der Waals surface area contributed by atoms with Gasteiger partial charge in [-0.15, -0.1) is 0 Å². The van der Waals surface area contributed by atoms with Gasteiger partial charge in [0.05, 0.1) is 17.5 Å². The Kier molecular flexibility index (Phi) is 3.13. The third-order valence-corrected chi connectivity index (χ3v) is 5.88. The number of carbonyl (C=O) groups is 4. The Morgan fingerprint density at radius 2 is 1.83 bits per heavy atom. The van der Waals surface area contributed by atoms with Gasteiger partial charge >= 0.3 is 0 Å². The van der Waals surface area contributed by atoms with Crippen molar-refractivity contribution in [3.8, 4) is 0 Å². The number of ketones is 1. The van der Waals surface area contributed by atoms with Gasteiger partial charge in [0.2, 0.25) is 17.7 Å². The van der Waals surface area contributed by atoms with Crippen molar-refractivity contribution < 1.29 is 19.2 Å². The topological polar surface area (TPSA) is 97.5 Å². The summed E-state index contributed by atoms with van der Waals surface area (Å²) >= 11 is 0. The number of imide groups is 1. The second kappa shape index (κ2) is 5.00. The summed E-state index contributed by atoms with van der Waals surface area (Å²) in [6.45, 7) is 1.68. The fourth-order valence-electron chi connectivity index (χ4n) is 4.75. The van der Waals surface area contributed by atoms with Gasteiger partial charge in [-0.3, -0.25) is 19.2 Å². The van der Waals surface area contributed by atoms with E-state index >= 15 is 0 Å². The third-order valence-electron chi connectivity index (χ3n) is 5.88. The normalized spacial score (nSPS) is 31.5. The van der Waals surface area contributed by atoms with E-state index in [2.05, 4.69) is 0 Å². The Labute approximate surface area is 139 Å². The predicted octanol–water partition coefficient (Wildman–Crippen LogP) is 1.20. The van der Waals surface area contributed by atoms with E-state index in [1.807, 2.05) is 0 Å². The minimum Gasteiger partial charge on any atom is -0.366 e. The van der Waals surface area contributed by atoms with E-state index in [1.54, 1.807) is 25.1 Å². The van der Waals surface area contributed by atoms with Crippen molar-refractivity contribution in [2.45, 2.75) is 26.2 Å². The molecule has 0 aromatic heterocycles. The molecular weight excluding hydrogens is 308 g/mol. The standard InChI is InChI=1S/C18H18N2O4/c1-8-10(16(19)22)3-2-4-12(8)20-17(23)14-9-5-6-11(13(21)7-9)15(14)18(20)24/h2-4,9,11,14-15H,5-7H2,1H3,(H2,19,22). The number of amides is 3. The van der Waals surface area contributed by atoms with Gasteiger partial charge in [-0.1, -0.05) is 6.07 Å². The molecule has 3 aliphatic carbocycles. The molecule has 0 radical (unpaired) electrons. The first kappa shape index (κ1) is 15.1. The molecule has 2 bridgehead atoms. The average Bonchev–Trinajstić information content (AvgIpc) is 2.81. The van der Waals surface area contributed by atoms with Crippen LogP contribution in [-0.2, 0) is 14.4 Å². The molecule has 4 aliphatic rings. The fraction of sp³-hybridized carbons (Fsp3) is 0.444. The number of anilines is 1. The smallest absolute Gasteiger partial charge is 0.249 e. The Hall–Kier alpha value is -2.50. The van der Waals surface area contributed by atoms with Crippen LogP contribution in [0.5, 0.6) is 0 Å². The third kappa shape index (κ3) is 1.82. The van der Waals surface area contributed by atoms with Gasteiger partial charge in [-0.25, -0.2) is 4.90 Å². The van der Waals surface area contributed by atoms with Crippen molar-refractivity contribution in [3.63, 3.8) is 0 Å². The molecule has 0 spiro atoms. The van der Waals surface area contributed by atoms with Crippen LogP contribution in [0.3, 0.4) is 0 Å². The van der Waals surface area contributed by atoms with E-state index in [0.29, 0.717) is 29.7 Å². The van der Waals surface area contributed by atoms with Crippen LogP contribution in [0.2, 0.25) is 0 Å². The molecular formula is C18H18N2O4. The summed E-state index contributed by atoms with van der Waals surface area (Å²) in [6, 6.07) is 4.84. The van der Waals surface area contributed by atoms with Crippen LogP contribution < -0.4 is 10.6 Å². The highest BCUT2D eigenvalue weighted by atomic mass is 16.2. The maximum absolute atomic E-state index is 13.0. The Morgan fingerprint density at radius 3 is 2.50 bits per heavy atom. The van der Waals surface area contributed by atoms with E-state index in [9.17, 15) is 19.2 Å². The van der Waals surface area contributed by atoms with Gasteiger partial charge < -0.3 is 5.73 Å². The molecule has 5 rings (SSSR count). The quantitative estimate of drug-likeness (QED) is 0.826. The van der Waals surface area contributed by atoms with E-state index < -0.39 is 17.7 Å². The van der Waals surface area contributed by atoms with Crippen LogP contribution >= 0.6 is 0 Å². The zero-order chi connectivity index (χ0) is 17.2. The number of nitrogens with two attached hydrogens (primary N) is 1. The monoisotopic (exact) mass is 326 g/mol. The van der Waals surface area contributed by atoms with Crippen molar-refractivity contribution in [1.29, 1.82) is 0 Å². The molecule has 1 saturated heterocycles. The number of fused-ring (bicyclic) bond motifs is 2. The molecule has 3 saturated carbocycles. The molecule has 4 unspecified atom stereocenters. The molecule has 4 fully saturated rings. The highest BCUT2D eigenvalue weighted by Gasteiger charge is 2.61. The second-order valence-corrected chi connectivity index (χ2v) is 6.99. The SMILES string of the molecule is Cc1c(C(N)=O)cccc1N1C(=O)C2C3CCC(C(=O)C3)C2C1=O. The zero-order valence-electron chi connectivity index (χ0n) is 13.3. The summed E-state index contributed by atoms with van der Waals surface area (Å²) in [7, 11) is 0. The van der Waals surface area contributed by atoms with Gasteiger partial charge in [-0.2, -0.15) is 0 Å². The Balaban J connectivity index is 1.80. The maximum atomic E-state index is 13.0. The largest absolute Gasteiger partial charge is 0.366 e. The van der Waals surface area contributed by atoms with Gasteiger partial charge in [0.15, 0.2) is 0 Å². The molecule has 1 heterocycles. The second-order valence-electron chi connectivity index (χ2n) is 6.99. The zero-order valence-corrected chi connectivity index (χ0v) is 13.3. The van der Waals surface area contributed by atoms with E-state index in [4.69, 9.17) is 5.73 Å². The number of primary amides is 1. The first-order chi connectivity index (χ1) is 11.4. The molecule has 1 aliphatic heterocycles. The Bertz CT molecular complexity index is 800. The first-order valence-corrected chi connectivity index (χ1v) is 8.21. The number of carbonyl (C=O) groups excluding carboxylic acids is 4. The lowest BCUT2D eigenvalue weighted by molar-refractivity contribution is -0.143. The molecule has 124 valence electrons. The highest BCUT2D eigenvalue weighted by molar-refractivity contribution is 6.24. The first-order valence-electron chi connectivity index (χ1n) is 8.21. The van der Waals surface area contributed by atoms with E-state index in [1.165, 1.54) is 4.90 Å². The minimum absolute atomic E-state index is 0.0337. The van der Waals surface area contributed by atoms with Crippen molar-refractivity contribution in [3.05, 3.63) is 29.3 Å². The van der Waals surface area contributed by atoms with Crippen LogP contribution in [0.15, 0.2) is 18.2 Å². The molecule has 6 nitrogen and oxygen atoms in total. The van der Waals surface area contributed by atoms with Gasteiger partial charge in [0.25, 0.3) is 0 Å². The number of benzene rings is 1. The summed E-state index contributed by atoms with van der Waals surface area (Å²) in [4.78, 5) is 50.8. The molecule has 1 aromatic carbocycles. The molecule has 24 heavy (non-hydrogen) atoms.